The molecule has 1 atom stereocenters. The Morgan fingerprint density at radius 1 is 1.00 bits per heavy atom. The van der Waals surface area contributed by atoms with E-state index in [0.29, 0.717) is 11.8 Å². The summed E-state index contributed by atoms with van der Waals surface area (Å²) in [6.45, 7) is 1.55. The van der Waals surface area contributed by atoms with E-state index in [1.54, 1.807) is 0 Å². The quantitative estimate of drug-likeness (QED) is 0.792. The van der Waals surface area contributed by atoms with Gasteiger partial charge in [-0.05, 0) is 32.1 Å². The van der Waals surface area contributed by atoms with Crippen molar-refractivity contribution in [2.75, 3.05) is 13.1 Å². The van der Waals surface area contributed by atoms with Gasteiger partial charge in [0.1, 0.15) is 0 Å². The van der Waals surface area contributed by atoms with Gasteiger partial charge in [0.2, 0.25) is 11.8 Å². The number of likely N-dealkylation sites (tertiary alicyclic amines) is 1. The molecule has 1 N–H and O–H groups in total. The molecule has 0 radical (unpaired) electrons. The van der Waals surface area contributed by atoms with Crippen LogP contribution in [-0.4, -0.2) is 35.8 Å². The summed E-state index contributed by atoms with van der Waals surface area (Å²) < 4.78 is 0. The molecule has 2 amide bonds. The van der Waals surface area contributed by atoms with E-state index in [1.807, 2.05) is 4.90 Å². The molecule has 0 bridgehead atoms. The molecule has 1 aliphatic heterocycles. The molecule has 1 saturated heterocycles. The Bertz CT molecular complexity index is 334. The van der Waals surface area contributed by atoms with Crippen molar-refractivity contribution in [2.24, 2.45) is 11.8 Å². The Kier molecular flexibility index (Phi) is 2.81. The molecule has 0 aromatic carbocycles. The standard InChI is InChI=1S/C13H20N2O2/c16-12(9-2-1-3-9)14-11-6-7-15(8-11)13(17)10-4-5-10/h9-11H,1-8H2,(H,14,16)/t11-/m0/s1. The molecule has 1 heterocycles. The fourth-order valence-corrected chi connectivity index (χ4v) is 2.66. The highest BCUT2D eigenvalue weighted by atomic mass is 16.2. The summed E-state index contributed by atoms with van der Waals surface area (Å²) in [6.07, 6.45) is 6.33. The molecule has 0 aromatic heterocycles. The number of carbonyl (C=O) groups is 2. The van der Waals surface area contributed by atoms with Gasteiger partial charge in [-0.15, -0.1) is 0 Å². The van der Waals surface area contributed by atoms with Crippen molar-refractivity contribution in [3.63, 3.8) is 0 Å². The topological polar surface area (TPSA) is 49.4 Å². The van der Waals surface area contributed by atoms with E-state index in [4.69, 9.17) is 0 Å². The van der Waals surface area contributed by atoms with Crippen LogP contribution in [0.15, 0.2) is 0 Å². The minimum atomic E-state index is 0.200. The molecule has 3 rings (SSSR count). The molecule has 0 aromatic rings. The van der Waals surface area contributed by atoms with E-state index >= 15 is 0 Å². The van der Waals surface area contributed by atoms with Crippen molar-refractivity contribution in [1.82, 2.24) is 10.2 Å². The van der Waals surface area contributed by atoms with Crippen molar-refractivity contribution < 1.29 is 9.59 Å². The minimum Gasteiger partial charge on any atom is -0.351 e. The Morgan fingerprint density at radius 2 is 1.76 bits per heavy atom. The highest BCUT2D eigenvalue weighted by molar-refractivity contribution is 5.82. The van der Waals surface area contributed by atoms with Crippen LogP contribution in [0.25, 0.3) is 0 Å². The number of amides is 2. The summed E-state index contributed by atoms with van der Waals surface area (Å²) in [7, 11) is 0. The summed E-state index contributed by atoms with van der Waals surface area (Å²) >= 11 is 0. The van der Waals surface area contributed by atoms with Gasteiger partial charge < -0.3 is 10.2 Å². The molecule has 2 saturated carbocycles. The molecular formula is C13H20N2O2. The zero-order valence-electron chi connectivity index (χ0n) is 10.2. The van der Waals surface area contributed by atoms with Gasteiger partial charge in [-0.1, -0.05) is 6.42 Å². The zero-order chi connectivity index (χ0) is 11.8. The molecule has 17 heavy (non-hydrogen) atoms. The Hall–Kier alpha value is -1.06. The van der Waals surface area contributed by atoms with Crippen molar-refractivity contribution in [2.45, 2.75) is 44.6 Å². The first kappa shape index (κ1) is 11.1. The van der Waals surface area contributed by atoms with Gasteiger partial charge in [0.05, 0.1) is 0 Å². The first-order valence-corrected chi connectivity index (χ1v) is 6.83. The van der Waals surface area contributed by atoms with Crippen molar-refractivity contribution in [3.05, 3.63) is 0 Å². The number of hydrogen-bond acceptors (Lipinski definition) is 2. The van der Waals surface area contributed by atoms with Crippen molar-refractivity contribution in [3.8, 4) is 0 Å². The van der Waals surface area contributed by atoms with Crippen LogP contribution in [0.1, 0.15) is 38.5 Å². The van der Waals surface area contributed by atoms with Gasteiger partial charge in [-0.3, -0.25) is 9.59 Å². The van der Waals surface area contributed by atoms with E-state index in [9.17, 15) is 9.59 Å². The second-order valence-electron chi connectivity index (χ2n) is 5.68. The van der Waals surface area contributed by atoms with Gasteiger partial charge in [-0.25, -0.2) is 0 Å². The number of nitrogens with zero attached hydrogens (tertiary/aromatic N) is 1. The van der Waals surface area contributed by atoms with Gasteiger partial charge >= 0.3 is 0 Å². The predicted octanol–water partition coefficient (Wildman–Crippen LogP) is 0.914. The second kappa shape index (κ2) is 4.31. The fourth-order valence-electron chi connectivity index (χ4n) is 2.66. The van der Waals surface area contributed by atoms with E-state index in [1.165, 1.54) is 6.42 Å². The summed E-state index contributed by atoms with van der Waals surface area (Å²) in [5.74, 6) is 1.08. The van der Waals surface area contributed by atoms with E-state index in [0.717, 1.165) is 45.2 Å². The summed E-state index contributed by atoms with van der Waals surface area (Å²) in [5.41, 5.74) is 0. The van der Waals surface area contributed by atoms with Crippen LogP contribution in [0.3, 0.4) is 0 Å². The summed E-state index contributed by atoms with van der Waals surface area (Å²) in [4.78, 5) is 25.6. The maximum absolute atomic E-state index is 11.9. The molecular weight excluding hydrogens is 216 g/mol. The summed E-state index contributed by atoms with van der Waals surface area (Å²) in [5, 5.41) is 3.09. The number of nitrogens with one attached hydrogen (secondary N) is 1. The van der Waals surface area contributed by atoms with Crippen molar-refractivity contribution in [1.29, 1.82) is 0 Å². The van der Waals surface area contributed by atoms with Crippen LogP contribution < -0.4 is 5.32 Å². The number of carbonyl (C=O) groups excluding carboxylic acids is 2. The van der Waals surface area contributed by atoms with Crippen LogP contribution in [-0.2, 0) is 9.59 Å². The van der Waals surface area contributed by atoms with Crippen LogP contribution in [0.5, 0.6) is 0 Å². The Morgan fingerprint density at radius 3 is 2.35 bits per heavy atom. The lowest BCUT2D eigenvalue weighted by Crippen LogP contribution is -2.43. The van der Waals surface area contributed by atoms with Crippen LogP contribution >= 0.6 is 0 Å². The molecule has 0 unspecified atom stereocenters. The van der Waals surface area contributed by atoms with Gasteiger partial charge in [0.15, 0.2) is 0 Å². The van der Waals surface area contributed by atoms with Crippen molar-refractivity contribution >= 4 is 11.8 Å². The normalized spacial score (nSPS) is 28.9. The Balaban J connectivity index is 1.46. The van der Waals surface area contributed by atoms with Crippen LogP contribution in [0.4, 0.5) is 0 Å². The first-order valence-electron chi connectivity index (χ1n) is 6.83. The third kappa shape index (κ3) is 2.31. The smallest absolute Gasteiger partial charge is 0.225 e. The lowest BCUT2D eigenvalue weighted by atomic mass is 9.84. The highest BCUT2D eigenvalue weighted by Crippen LogP contribution is 2.32. The average Bonchev–Trinajstić information content (AvgIpc) is 2.96. The molecule has 3 fully saturated rings. The average molecular weight is 236 g/mol. The lowest BCUT2D eigenvalue weighted by Gasteiger charge is -2.26. The van der Waals surface area contributed by atoms with Gasteiger partial charge in [-0.2, -0.15) is 0 Å². The molecule has 4 heteroatoms. The van der Waals surface area contributed by atoms with E-state index in [-0.39, 0.29) is 17.9 Å². The largest absolute Gasteiger partial charge is 0.351 e. The molecule has 0 spiro atoms. The molecule has 94 valence electrons. The lowest BCUT2D eigenvalue weighted by molar-refractivity contribution is -0.132. The third-order valence-corrected chi connectivity index (χ3v) is 4.25. The minimum absolute atomic E-state index is 0.200. The van der Waals surface area contributed by atoms with E-state index < -0.39 is 0 Å². The summed E-state index contributed by atoms with van der Waals surface area (Å²) in [6, 6.07) is 0.200. The fraction of sp³-hybridized carbons (Fsp3) is 0.846. The number of rotatable bonds is 3. The second-order valence-corrected chi connectivity index (χ2v) is 5.68. The number of hydrogen-bond donors (Lipinski definition) is 1. The Labute approximate surface area is 102 Å². The van der Waals surface area contributed by atoms with Crippen LogP contribution in [0, 0.1) is 11.8 Å². The van der Waals surface area contributed by atoms with Crippen LogP contribution in [0.2, 0.25) is 0 Å². The van der Waals surface area contributed by atoms with Gasteiger partial charge in [0.25, 0.3) is 0 Å². The molecule has 2 aliphatic carbocycles. The van der Waals surface area contributed by atoms with E-state index in [2.05, 4.69) is 5.32 Å². The third-order valence-electron chi connectivity index (χ3n) is 4.25. The first-order chi connectivity index (χ1) is 8.24. The maximum Gasteiger partial charge on any atom is 0.225 e. The molecule has 3 aliphatic rings. The zero-order valence-corrected chi connectivity index (χ0v) is 10.2. The monoisotopic (exact) mass is 236 g/mol. The SMILES string of the molecule is O=C(N[C@H]1CCN(C(=O)C2CC2)C1)C1CCC1. The highest BCUT2D eigenvalue weighted by Gasteiger charge is 2.37. The maximum atomic E-state index is 11.9. The molecule has 4 nitrogen and oxygen atoms in total. The van der Waals surface area contributed by atoms with Gasteiger partial charge in [0, 0.05) is 31.0 Å². The predicted molar refractivity (Wildman–Crippen MR) is 63.2 cm³/mol.